The van der Waals surface area contributed by atoms with E-state index in [0.29, 0.717) is 5.69 Å². The van der Waals surface area contributed by atoms with Gasteiger partial charge in [0.1, 0.15) is 11.5 Å². The molecular weight excluding hydrogens is 287 g/mol. The SMILES string of the molecule is Cc1nc(Cl)nc(N(C)c2ccc(F)cc2)c1[N+](=O)[O-]. The van der Waals surface area contributed by atoms with Crippen LogP contribution in [0.3, 0.4) is 0 Å². The second-order valence-electron chi connectivity index (χ2n) is 4.04. The van der Waals surface area contributed by atoms with Crippen molar-refractivity contribution in [3.8, 4) is 0 Å². The molecule has 0 saturated heterocycles. The molecule has 0 bridgehead atoms. The Morgan fingerprint density at radius 2 is 1.90 bits per heavy atom. The largest absolute Gasteiger partial charge is 0.333 e. The molecule has 0 spiro atoms. The summed E-state index contributed by atoms with van der Waals surface area (Å²) in [4.78, 5) is 19.7. The van der Waals surface area contributed by atoms with Crippen LogP contribution in [0.25, 0.3) is 0 Å². The molecule has 2 rings (SSSR count). The van der Waals surface area contributed by atoms with Crippen LogP contribution < -0.4 is 4.90 Å². The Hall–Kier alpha value is -2.28. The maximum absolute atomic E-state index is 12.9. The van der Waals surface area contributed by atoms with Gasteiger partial charge in [-0.3, -0.25) is 10.1 Å². The van der Waals surface area contributed by atoms with E-state index in [2.05, 4.69) is 9.97 Å². The normalized spacial score (nSPS) is 10.4. The predicted octanol–water partition coefficient (Wildman–Crippen LogP) is 3.25. The minimum absolute atomic E-state index is 0.0547. The van der Waals surface area contributed by atoms with Gasteiger partial charge < -0.3 is 4.90 Å². The number of nitro groups is 1. The summed E-state index contributed by atoms with van der Waals surface area (Å²) in [5, 5.41) is 11.1. The standard InChI is InChI=1S/C12H10ClFN4O2/c1-7-10(18(19)20)11(16-12(13)15-7)17(2)9-5-3-8(14)4-6-9/h3-6H,1-2H3. The molecule has 0 unspecified atom stereocenters. The second kappa shape index (κ2) is 5.38. The average Bonchev–Trinajstić information content (AvgIpc) is 2.37. The van der Waals surface area contributed by atoms with Crippen molar-refractivity contribution in [1.29, 1.82) is 0 Å². The number of hydrogen-bond acceptors (Lipinski definition) is 5. The average molecular weight is 297 g/mol. The van der Waals surface area contributed by atoms with Gasteiger partial charge >= 0.3 is 5.69 Å². The first-order valence-corrected chi connectivity index (χ1v) is 5.95. The van der Waals surface area contributed by atoms with Gasteiger partial charge in [0.25, 0.3) is 0 Å². The minimum atomic E-state index is -0.568. The van der Waals surface area contributed by atoms with E-state index in [1.165, 1.54) is 36.1 Å². The summed E-state index contributed by atoms with van der Waals surface area (Å²) in [6.07, 6.45) is 0. The van der Waals surface area contributed by atoms with Gasteiger partial charge in [-0.25, -0.2) is 9.37 Å². The summed E-state index contributed by atoms with van der Waals surface area (Å²) in [7, 11) is 1.58. The fourth-order valence-electron chi connectivity index (χ4n) is 1.75. The summed E-state index contributed by atoms with van der Waals surface area (Å²) in [5.41, 5.74) is 0.476. The quantitative estimate of drug-likeness (QED) is 0.494. The van der Waals surface area contributed by atoms with Crippen LogP contribution in [-0.4, -0.2) is 21.9 Å². The Morgan fingerprint density at radius 3 is 2.45 bits per heavy atom. The van der Waals surface area contributed by atoms with Crippen molar-refractivity contribution in [1.82, 2.24) is 9.97 Å². The van der Waals surface area contributed by atoms with Gasteiger partial charge in [-0.2, -0.15) is 4.98 Å². The van der Waals surface area contributed by atoms with Crippen LogP contribution in [0.2, 0.25) is 5.28 Å². The lowest BCUT2D eigenvalue weighted by Crippen LogP contribution is -2.15. The fraction of sp³-hybridized carbons (Fsp3) is 0.167. The van der Waals surface area contributed by atoms with Crippen molar-refractivity contribution in [2.75, 3.05) is 11.9 Å². The molecule has 0 fully saturated rings. The van der Waals surface area contributed by atoms with Crippen molar-refractivity contribution in [3.05, 3.63) is 51.2 Å². The van der Waals surface area contributed by atoms with E-state index < -0.39 is 10.7 Å². The van der Waals surface area contributed by atoms with Crippen molar-refractivity contribution >= 4 is 28.8 Å². The zero-order chi connectivity index (χ0) is 14.9. The van der Waals surface area contributed by atoms with Crippen LogP contribution in [0.1, 0.15) is 5.69 Å². The number of halogens is 2. The molecule has 1 heterocycles. The van der Waals surface area contributed by atoms with Crippen molar-refractivity contribution in [2.45, 2.75) is 6.92 Å². The summed E-state index contributed by atoms with van der Waals surface area (Å²) in [6.45, 7) is 1.48. The Labute approximate surface area is 119 Å². The van der Waals surface area contributed by atoms with Crippen molar-refractivity contribution in [2.24, 2.45) is 0 Å². The smallest absolute Gasteiger partial charge is 0.324 e. The number of aromatic nitrogens is 2. The number of rotatable bonds is 3. The third kappa shape index (κ3) is 2.67. The highest BCUT2D eigenvalue weighted by atomic mass is 35.5. The molecule has 0 aliphatic carbocycles. The number of anilines is 2. The molecule has 8 heteroatoms. The number of aryl methyl sites for hydroxylation is 1. The third-order valence-electron chi connectivity index (χ3n) is 2.73. The molecular formula is C12H10ClFN4O2. The molecule has 0 aliphatic heterocycles. The highest BCUT2D eigenvalue weighted by molar-refractivity contribution is 6.28. The lowest BCUT2D eigenvalue weighted by Gasteiger charge is -2.18. The summed E-state index contributed by atoms with van der Waals surface area (Å²) in [5.74, 6) is -0.340. The molecule has 2 aromatic rings. The van der Waals surface area contributed by atoms with Crippen LogP contribution in [0.15, 0.2) is 24.3 Å². The molecule has 0 atom stereocenters. The molecule has 6 nitrogen and oxygen atoms in total. The van der Waals surface area contributed by atoms with Crippen LogP contribution in [0.4, 0.5) is 21.6 Å². The topological polar surface area (TPSA) is 72.2 Å². The number of hydrogen-bond donors (Lipinski definition) is 0. The molecule has 104 valence electrons. The van der Waals surface area contributed by atoms with E-state index in [-0.39, 0.29) is 22.5 Å². The third-order valence-corrected chi connectivity index (χ3v) is 2.90. The van der Waals surface area contributed by atoms with E-state index in [1.54, 1.807) is 7.05 Å². The minimum Gasteiger partial charge on any atom is -0.324 e. The van der Waals surface area contributed by atoms with Crippen LogP contribution in [0, 0.1) is 22.9 Å². The van der Waals surface area contributed by atoms with Crippen molar-refractivity contribution in [3.63, 3.8) is 0 Å². The molecule has 1 aromatic carbocycles. The first kappa shape index (κ1) is 14.1. The van der Waals surface area contributed by atoms with Crippen LogP contribution in [-0.2, 0) is 0 Å². The van der Waals surface area contributed by atoms with Gasteiger partial charge in [0.15, 0.2) is 0 Å². The molecule has 0 aliphatic rings. The molecule has 0 radical (unpaired) electrons. The number of nitrogens with zero attached hydrogens (tertiary/aromatic N) is 4. The van der Waals surface area contributed by atoms with Crippen molar-refractivity contribution < 1.29 is 9.31 Å². The van der Waals surface area contributed by atoms with Gasteiger partial charge in [0, 0.05) is 12.7 Å². The second-order valence-corrected chi connectivity index (χ2v) is 4.38. The van der Waals surface area contributed by atoms with Gasteiger partial charge in [0.05, 0.1) is 4.92 Å². The fourth-order valence-corrected chi connectivity index (χ4v) is 1.96. The van der Waals surface area contributed by atoms with Gasteiger partial charge in [0.2, 0.25) is 11.1 Å². The summed E-state index contributed by atoms with van der Waals surface area (Å²) < 4.78 is 12.9. The highest BCUT2D eigenvalue weighted by Crippen LogP contribution is 2.33. The van der Waals surface area contributed by atoms with Crippen LogP contribution in [0.5, 0.6) is 0 Å². The van der Waals surface area contributed by atoms with E-state index in [9.17, 15) is 14.5 Å². The molecule has 1 aromatic heterocycles. The maximum Gasteiger partial charge on any atom is 0.333 e. The first-order chi connectivity index (χ1) is 9.40. The maximum atomic E-state index is 12.9. The Balaban J connectivity index is 2.56. The molecule has 0 N–H and O–H groups in total. The predicted molar refractivity (Wildman–Crippen MR) is 72.9 cm³/mol. The zero-order valence-electron chi connectivity index (χ0n) is 10.7. The van der Waals surface area contributed by atoms with E-state index in [4.69, 9.17) is 11.6 Å². The lowest BCUT2D eigenvalue weighted by atomic mass is 10.2. The Morgan fingerprint density at radius 1 is 1.30 bits per heavy atom. The van der Waals surface area contributed by atoms with E-state index >= 15 is 0 Å². The summed E-state index contributed by atoms with van der Waals surface area (Å²) in [6, 6.07) is 5.50. The highest BCUT2D eigenvalue weighted by Gasteiger charge is 2.25. The van der Waals surface area contributed by atoms with Gasteiger partial charge in [-0.05, 0) is 42.8 Å². The lowest BCUT2D eigenvalue weighted by molar-refractivity contribution is -0.385. The van der Waals surface area contributed by atoms with E-state index in [0.717, 1.165) is 0 Å². The molecule has 0 amide bonds. The first-order valence-electron chi connectivity index (χ1n) is 5.58. The van der Waals surface area contributed by atoms with Gasteiger partial charge in [-0.15, -0.1) is 0 Å². The summed E-state index contributed by atoms with van der Waals surface area (Å²) >= 11 is 5.75. The van der Waals surface area contributed by atoms with E-state index in [1.807, 2.05) is 0 Å². The van der Waals surface area contributed by atoms with Gasteiger partial charge in [-0.1, -0.05) is 0 Å². The Kier molecular flexibility index (Phi) is 3.80. The molecule has 20 heavy (non-hydrogen) atoms. The Bertz CT molecular complexity index is 663. The monoisotopic (exact) mass is 296 g/mol. The number of benzene rings is 1. The zero-order valence-corrected chi connectivity index (χ0v) is 11.4. The molecule has 0 saturated carbocycles. The van der Waals surface area contributed by atoms with Crippen LogP contribution >= 0.6 is 11.6 Å².